The molecule has 0 aromatic heterocycles. The Morgan fingerprint density at radius 2 is 2.00 bits per heavy atom. The van der Waals surface area contributed by atoms with Gasteiger partial charge in [-0.3, -0.25) is 0 Å². The van der Waals surface area contributed by atoms with Gasteiger partial charge < -0.3 is 19.7 Å². The van der Waals surface area contributed by atoms with Crippen molar-refractivity contribution in [3.05, 3.63) is 24.3 Å². The fraction of sp³-hybridized carbons (Fsp3) is 0.500. The first-order chi connectivity index (χ1) is 9.09. The van der Waals surface area contributed by atoms with Crippen LogP contribution in [0.25, 0.3) is 0 Å². The molecule has 1 aromatic carbocycles. The highest BCUT2D eigenvalue weighted by atomic mass is 16.5. The van der Waals surface area contributed by atoms with E-state index in [2.05, 4.69) is 10.2 Å². The van der Waals surface area contributed by atoms with Crippen molar-refractivity contribution in [2.75, 3.05) is 39.7 Å². The number of carbonyl (C=O) groups is 1. The van der Waals surface area contributed by atoms with Crippen LogP contribution in [0, 0.1) is 0 Å². The summed E-state index contributed by atoms with van der Waals surface area (Å²) in [7, 11) is 5.06. The van der Waals surface area contributed by atoms with Crippen molar-refractivity contribution >= 4 is 11.7 Å². The van der Waals surface area contributed by atoms with Gasteiger partial charge in [0.05, 0.1) is 14.2 Å². The molecular formula is C14H20N2O3. The number of esters is 1. The minimum Gasteiger partial charge on any atom is -0.497 e. The first-order valence-electron chi connectivity index (χ1n) is 6.29. The Hall–Kier alpha value is -1.75. The number of likely N-dealkylation sites (tertiary alicyclic amines) is 1. The number of hydrogen-bond acceptors (Lipinski definition) is 5. The number of hydrogen-bond donors (Lipinski definition) is 1. The summed E-state index contributed by atoms with van der Waals surface area (Å²) in [6.45, 7) is 1.52. The molecule has 1 aromatic rings. The van der Waals surface area contributed by atoms with Gasteiger partial charge in [0.25, 0.3) is 0 Å². The lowest BCUT2D eigenvalue weighted by Crippen LogP contribution is -2.49. The van der Waals surface area contributed by atoms with E-state index in [1.807, 2.05) is 31.3 Å². The Labute approximate surface area is 113 Å². The minimum absolute atomic E-state index is 0.215. The third-order valence-electron chi connectivity index (χ3n) is 3.51. The average molecular weight is 264 g/mol. The maximum absolute atomic E-state index is 12.1. The van der Waals surface area contributed by atoms with Crippen molar-refractivity contribution in [2.45, 2.75) is 12.0 Å². The Kier molecular flexibility index (Phi) is 3.95. The van der Waals surface area contributed by atoms with Crippen molar-refractivity contribution in [3.8, 4) is 5.75 Å². The van der Waals surface area contributed by atoms with Crippen molar-refractivity contribution in [3.63, 3.8) is 0 Å². The number of benzene rings is 1. The third kappa shape index (κ3) is 2.81. The summed E-state index contributed by atoms with van der Waals surface area (Å²) in [5.74, 6) is 0.578. The molecule has 5 heteroatoms. The van der Waals surface area contributed by atoms with Gasteiger partial charge in [-0.25, -0.2) is 4.79 Å². The lowest BCUT2D eigenvalue weighted by molar-refractivity contribution is -0.145. The number of ether oxygens (including phenoxy) is 2. The molecule has 5 nitrogen and oxygen atoms in total. The SMILES string of the molecule is COC(=O)C1(Nc2ccc(OC)cc2)CCN(C)C1. The van der Waals surface area contributed by atoms with Gasteiger partial charge in [0, 0.05) is 18.8 Å². The van der Waals surface area contributed by atoms with Crippen molar-refractivity contribution in [2.24, 2.45) is 0 Å². The summed E-state index contributed by atoms with van der Waals surface area (Å²) >= 11 is 0. The quantitative estimate of drug-likeness (QED) is 0.832. The molecule has 1 fully saturated rings. The molecule has 1 atom stereocenters. The molecule has 1 aliphatic heterocycles. The van der Waals surface area contributed by atoms with Gasteiger partial charge in [0.2, 0.25) is 0 Å². The molecule has 0 radical (unpaired) electrons. The zero-order chi connectivity index (χ0) is 13.9. The summed E-state index contributed by atoms with van der Waals surface area (Å²) in [5, 5.41) is 3.32. The van der Waals surface area contributed by atoms with Crippen LogP contribution in [-0.4, -0.2) is 50.8 Å². The highest BCUT2D eigenvalue weighted by molar-refractivity contribution is 5.85. The normalized spacial score (nSPS) is 23.1. The van der Waals surface area contributed by atoms with E-state index in [1.54, 1.807) is 7.11 Å². The largest absolute Gasteiger partial charge is 0.497 e. The number of likely N-dealkylation sites (N-methyl/N-ethyl adjacent to an activating group) is 1. The van der Waals surface area contributed by atoms with E-state index in [0.717, 1.165) is 24.4 Å². The zero-order valence-corrected chi connectivity index (χ0v) is 11.6. The monoisotopic (exact) mass is 264 g/mol. The van der Waals surface area contributed by atoms with Crippen LogP contribution in [0.15, 0.2) is 24.3 Å². The molecular weight excluding hydrogens is 244 g/mol. The number of methoxy groups -OCH3 is 2. The Morgan fingerprint density at radius 1 is 1.32 bits per heavy atom. The Bertz CT molecular complexity index is 447. The topological polar surface area (TPSA) is 50.8 Å². The fourth-order valence-corrected chi connectivity index (χ4v) is 2.47. The molecule has 1 saturated heterocycles. The molecule has 0 spiro atoms. The number of anilines is 1. The smallest absolute Gasteiger partial charge is 0.332 e. The predicted molar refractivity (Wildman–Crippen MR) is 73.5 cm³/mol. The summed E-state index contributed by atoms with van der Waals surface area (Å²) < 4.78 is 10.1. The van der Waals surface area contributed by atoms with Gasteiger partial charge >= 0.3 is 5.97 Å². The molecule has 1 aliphatic rings. The number of carbonyl (C=O) groups excluding carboxylic acids is 1. The van der Waals surface area contributed by atoms with Crippen LogP contribution in [0.1, 0.15) is 6.42 Å². The molecule has 0 saturated carbocycles. The first-order valence-corrected chi connectivity index (χ1v) is 6.29. The van der Waals surface area contributed by atoms with Gasteiger partial charge in [-0.15, -0.1) is 0 Å². The minimum atomic E-state index is -0.655. The van der Waals surface area contributed by atoms with E-state index in [0.29, 0.717) is 6.54 Å². The van der Waals surface area contributed by atoms with Gasteiger partial charge in [-0.1, -0.05) is 0 Å². The van der Waals surface area contributed by atoms with Crippen molar-refractivity contribution in [1.82, 2.24) is 4.90 Å². The second-order valence-electron chi connectivity index (χ2n) is 4.91. The number of nitrogens with one attached hydrogen (secondary N) is 1. The van der Waals surface area contributed by atoms with E-state index in [4.69, 9.17) is 9.47 Å². The molecule has 1 N–H and O–H groups in total. The zero-order valence-electron chi connectivity index (χ0n) is 11.6. The highest BCUT2D eigenvalue weighted by Crippen LogP contribution is 2.27. The summed E-state index contributed by atoms with van der Waals surface area (Å²) in [6, 6.07) is 7.54. The van der Waals surface area contributed by atoms with Gasteiger partial charge in [0.15, 0.2) is 0 Å². The molecule has 1 heterocycles. The lowest BCUT2D eigenvalue weighted by atomic mass is 9.98. The lowest BCUT2D eigenvalue weighted by Gasteiger charge is -2.28. The first kappa shape index (κ1) is 13.7. The Balaban J connectivity index is 2.18. The van der Waals surface area contributed by atoms with Crippen molar-refractivity contribution < 1.29 is 14.3 Å². The summed E-state index contributed by atoms with van der Waals surface area (Å²) in [4.78, 5) is 14.2. The van der Waals surface area contributed by atoms with Crippen LogP contribution in [0.3, 0.4) is 0 Å². The summed E-state index contributed by atoms with van der Waals surface area (Å²) in [5.41, 5.74) is 0.236. The second kappa shape index (κ2) is 5.48. The van der Waals surface area contributed by atoms with Gasteiger partial charge in [-0.05, 0) is 37.7 Å². The van der Waals surface area contributed by atoms with Crippen LogP contribution < -0.4 is 10.1 Å². The number of nitrogens with zero attached hydrogens (tertiary/aromatic N) is 1. The van der Waals surface area contributed by atoms with E-state index < -0.39 is 5.54 Å². The van der Waals surface area contributed by atoms with Crippen LogP contribution in [0.5, 0.6) is 5.75 Å². The van der Waals surface area contributed by atoms with E-state index in [1.165, 1.54) is 7.11 Å². The predicted octanol–water partition coefficient (Wildman–Crippen LogP) is 1.35. The molecule has 1 unspecified atom stereocenters. The molecule has 0 aliphatic carbocycles. The van der Waals surface area contributed by atoms with Crippen LogP contribution >= 0.6 is 0 Å². The second-order valence-corrected chi connectivity index (χ2v) is 4.91. The van der Waals surface area contributed by atoms with Crippen LogP contribution in [-0.2, 0) is 9.53 Å². The molecule has 19 heavy (non-hydrogen) atoms. The van der Waals surface area contributed by atoms with E-state index in [9.17, 15) is 4.79 Å². The Morgan fingerprint density at radius 3 is 2.47 bits per heavy atom. The third-order valence-corrected chi connectivity index (χ3v) is 3.51. The molecule has 104 valence electrons. The molecule has 2 rings (SSSR count). The van der Waals surface area contributed by atoms with E-state index in [-0.39, 0.29) is 5.97 Å². The summed E-state index contributed by atoms with van der Waals surface area (Å²) in [6.07, 6.45) is 0.738. The maximum atomic E-state index is 12.1. The standard InChI is InChI=1S/C14H20N2O3/c1-16-9-8-14(10-16,13(17)19-3)15-11-4-6-12(18-2)7-5-11/h4-7,15H,8-10H2,1-3H3. The molecule has 0 bridgehead atoms. The van der Waals surface area contributed by atoms with E-state index >= 15 is 0 Å². The number of rotatable bonds is 4. The highest BCUT2D eigenvalue weighted by Gasteiger charge is 2.44. The van der Waals surface area contributed by atoms with Gasteiger partial charge in [-0.2, -0.15) is 0 Å². The van der Waals surface area contributed by atoms with Crippen LogP contribution in [0.4, 0.5) is 5.69 Å². The molecule has 0 amide bonds. The average Bonchev–Trinajstić information content (AvgIpc) is 2.81. The van der Waals surface area contributed by atoms with Crippen LogP contribution in [0.2, 0.25) is 0 Å². The van der Waals surface area contributed by atoms with Gasteiger partial charge in [0.1, 0.15) is 11.3 Å². The maximum Gasteiger partial charge on any atom is 0.332 e. The van der Waals surface area contributed by atoms with Crippen molar-refractivity contribution in [1.29, 1.82) is 0 Å². The fourth-order valence-electron chi connectivity index (χ4n) is 2.47.